The van der Waals surface area contributed by atoms with Gasteiger partial charge in [0.1, 0.15) is 11.6 Å². The molecule has 0 saturated heterocycles. The van der Waals surface area contributed by atoms with Gasteiger partial charge in [-0.3, -0.25) is 0 Å². The fraction of sp³-hybridized carbons (Fsp3) is 0.308. The summed E-state index contributed by atoms with van der Waals surface area (Å²) in [6.07, 6.45) is 1.71. The van der Waals surface area contributed by atoms with Crippen LogP contribution in [0.3, 0.4) is 0 Å². The Kier molecular flexibility index (Phi) is 2.77. The molecule has 0 unspecified atom stereocenters. The number of hydrogen-bond donors (Lipinski definition) is 1. The third kappa shape index (κ3) is 1.98. The Labute approximate surface area is 94.5 Å². The van der Waals surface area contributed by atoms with Crippen LogP contribution in [-0.2, 0) is 0 Å². The zero-order valence-corrected chi connectivity index (χ0v) is 9.71. The average molecular weight is 218 g/mol. The Balaban J connectivity index is 2.51. The van der Waals surface area contributed by atoms with Crippen molar-refractivity contribution in [3.8, 4) is 11.4 Å². The van der Waals surface area contributed by atoms with Gasteiger partial charge in [-0.05, 0) is 30.5 Å². The summed E-state index contributed by atoms with van der Waals surface area (Å²) in [5, 5.41) is 0. The predicted molar refractivity (Wildman–Crippen MR) is 62.8 cm³/mol. The molecule has 1 aromatic heterocycles. The van der Waals surface area contributed by atoms with Crippen molar-refractivity contribution < 1.29 is 4.39 Å². The summed E-state index contributed by atoms with van der Waals surface area (Å²) in [4.78, 5) is 7.20. The number of aromatic nitrogens is 2. The van der Waals surface area contributed by atoms with Crippen LogP contribution in [0.1, 0.15) is 31.0 Å². The SMILES string of the molecule is Cc1cnc(-c2cc(C(C)C)ccc2F)[nH]1. The first-order valence-corrected chi connectivity index (χ1v) is 5.39. The molecule has 84 valence electrons. The van der Waals surface area contributed by atoms with Gasteiger partial charge in [0.05, 0.1) is 5.56 Å². The van der Waals surface area contributed by atoms with Gasteiger partial charge in [-0.25, -0.2) is 9.37 Å². The number of halogens is 1. The number of hydrogen-bond acceptors (Lipinski definition) is 1. The highest BCUT2D eigenvalue weighted by molar-refractivity contribution is 5.57. The Morgan fingerprint density at radius 1 is 1.31 bits per heavy atom. The van der Waals surface area contributed by atoms with Gasteiger partial charge in [0.25, 0.3) is 0 Å². The van der Waals surface area contributed by atoms with E-state index in [4.69, 9.17) is 0 Å². The molecule has 0 fully saturated rings. The summed E-state index contributed by atoms with van der Waals surface area (Å²) in [6, 6.07) is 5.18. The maximum absolute atomic E-state index is 13.7. The third-order valence-electron chi connectivity index (χ3n) is 2.62. The molecule has 1 N–H and O–H groups in total. The van der Waals surface area contributed by atoms with E-state index in [2.05, 4.69) is 23.8 Å². The third-order valence-corrected chi connectivity index (χ3v) is 2.62. The minimum atomic E-state index is -0.237. The number of nitrogens with zero attached hydrogens (tertiary/aromatic N) is 1. The van der Waals surface area contributed by atoms with Crippen LogP contribution >= 0.6 is 0 Å². The molecule has 1 aromatic carbocycles. The second-order valence-electron chi connectivity index (χ2n) is 4.31. The second-order valence-corrected chi connectivity index (χ2v) is 4.31. The first kappa shape index (κ1) is 10.9. The van der Waals surface area contributed by atoms with Gasteiger partial charge in [0.2, 0.25) is 0 Å². The van der Waals surface area contributed by atoms with Crippen LogP contribution in [0.4, 0.5) is 4.39 Å². The monoisotopic (exact) mass is 218 g/mol. The lowest BCUT2D eigenvalue weighted by atomic mass is 10.0. The molecule has 0 aliphatic rings. The van der Waals surface area contributed by atoms with Gasteiger partial charge in [-0.15, -0.1) is 0 Å². The number of aryl methyl sites for hydroxylation is 1. The van der Waals surface area contributed by atoms with Gasteiger partial charge < -0.3 is 4.98 Å². The van der Waals surface area contributed by atoms with Crippen molar-refractivity contribution in [2.45, 2.75) is 26.7 Å². The van der Waals surface area contributed by atoms with E-state index in [-0.39, 0.29) is 5.82 Å². The average Bonchev–Trinajstić information content (AvgIpc) is 2.65. The Morgan fingerprint density at radius 2 is 2.06 bits per heavy atom. The molecule has 0 bridgehead atoms. The lowest BCUT2D eigenvalue weighted by Crippen LogP contribution is -1.92. The van der Waals surface area contributed by atoms with Gasteiger partial charge in [0, 0.05) is 11.9 Å². The van der Waals surface area contributed by atoms with Crippen molar-refractivity contribution in [2.24, 2.45) is 0 Å². The van der Waals surface area contributed by atoms with Crippen LogP contribution < -0.4 is 0 Å². The molecule has 0 aliphatic carbocycles. The fourth-order valence-electron chi connectivity index (χ4n) is 1.63. The fourth-order valence-corrected chi connectivity index (χ4v) is 1.63. The number of imidazole rings is 1. The Hall–Kier alpha value is -1.64. The maximum Gasteiger partial charge on any atom is 0.140 e. The molecule has 16 heavy (non-hydrogen) atoms. The van der Waals surface area contributed by atoms with Crippen LogP contribution in [0.5, 0.6) is 0 Å². The summed E-state index contributed by atoms with van der Waals surface area (Å²) in [6.45, 7) is 6.08. The highest BCUT2D eigenvalue weighted by atomic mass is 19.1. The quantitative estimate of drug-likeness (QED) is 0.819. The smallest absolute Gasteiger partial charge is 0.140 e. The first-order chi connectivity index (χ1) is 7.58. The normalized spacial score (nSPS) is 11.1. The van der Waals surface area contributed by atoms with E-state index >= 15 is 0 Å². The first-order valence-electron chi connectivity index (χ1n) is 5.39. The van der Waals surface area contributed by atoms with Crippen molar-refractivity contribution in [3.63, 3.8) is 0 Å². The van der Waals surface area contributed by atoms with Gasteiger partial charge in [0.15, 0.2) is 0 Å². The minimum absolute atomic E-state index is 0.237. The molecule has 1 heterocycles. The highest BCUT2D eigenvalue weighted by Gasteiger charge is 2.10. The minimum Gasteiger partial charge on any atom is -0.342 e. The van der Waals surface area contributed by atoms with Crippen molar-refractivity contribution in [2.75, 3.05) is 0 Å². The van der Waals surface area contributed by atoms with E-state index in [9.17, 15) is 4.39 Å². The molecule has 0 spiro atoms. The summed E-state index contributed by atoms with van der Waals surface area (Å²) < 4.78 is 13.7. The Morgan fingerprint density at radius 3 is 2.62 bits per heavy atom. The Bertz CT molecular complexity index is 500. The van der Waals surface area contributed by atoms with E-state index in [0.29, 0.717) is 17.3 Å². The van der Waals surface area contributed by atoms with Crippen LogP contribution in [0.2, 0.25) is 0 Å². The zero-order chi connectivity index (χ0) is 11.7. The second kappa shape index (κ2) is 4.08. The molecule has 2 aromatic rings. The molecule has 2 rings (SSSR count). The van der Waals surface area contributed by atoms with Crippen molar-refractivity contribution in [3.05, 3.63) is 41.5 Å². The zero-order valence-electron chi connectivity index (χ0n) is 9.71. The van der Waals surface area contributed by atoms with E-state index in [0.717, 1.165) is 11.3 Å². The lowest BCUT2D eigenvalue weighted by molar-refractivity contribution is 0.628. The molecule has 3 heteroatoms. The van der Waals surface area contributed by atoms with Crippen LogP contribution in [0, 0.1) is 12.7 Å². The number of nitrogens with one attached hydrogen (secondary N) is 1. The molecule has 2 nitrogen and oxygen atoms in total. The largest absolute Gasteiger partial charge is 0.342 e. The summed E-state index contributed by atoms with van der Waals surface area (Å²) in [7, 11) is 0. The number of H-pyrrole nitrogens is 1. The van der Waals surface area contributed by atoms with Crippen LogP contribution in [0.25, 0.3) is 11.4 Å². The number of rotatable bonds is 2. The number of benzene rings is 1. The van der Waals surface area contributed by atoms with Crippen LogP contribution in [-0.4, -0.2) is 9.97 Å². The van der Waals surface area contributed by atoms with Crippen molar-refractivity contribution >= 4 is 0 Å². The molecule has 0 amide bonds. The van der Waals surface area contributed by atoms with Gasteiger partial charge in [-0.2, -0.15) is 0 Å². The molecule has 0 radical (unpaired) electrons. The lowest BCUT2D eigenvalue weighted by Gasteiger charge is -2.07. The summed E-state index contributed by atoms with van der Waals surface area (Å²) in [5.74, 6) is 0.742. The topological polar surface area (TPSA) is 28.7 Å². The molecule has 0 saturated carbocycles. The number of aromatic amines is 1. The predicted octanol–water partition coefficient (Wildman–Crippen LogP) is 3.65. The molecular formula is C13H15FN2. The molecular weight excluding hydrogens is 203 g/mol. The van der Waals surface area contributed by atoms with E-state index in [1.165, 1.54) is 6.07 Å². The van der Waals surface area contributed by atoms with E-state index in [1.54, 1.807) is 6.20 Å². The van der Waals surface area contributed by atoms with Gasteiger partial charge in [-0.1, -0.05) is 19.9 Å². The standard InChI is InChI=1S/C13H15FN2/c1-8(2)10-4-5-12(14)11(6-10)13-15-7-9(3)16-13/h4-8H,1-3H3,(H,15,16). The van der Waals surface area contributed by atoms with Crippen LogP contribution in [0.15, 0.2) is 24.4 Å². The molecule has 0 atom stereocenters. The maximum atomic E-state index is 13.7. The molecule has 0 aliphatic heterocycles. The summed E-state index contributed by atoms with van der Waals surface area (Å²) >= 11 is 0. The van der Waals surface area contributed by atoms with Gasteiger partial charge >= 0.3 is 0 Å². The summed E-state index contributed by atoms with van der Waals surface area (Å²) in [5.41, 5.74) is 2.59. The van der Waals surface area contributed by atoms with Crippen molar-refractivity contribution in [1.82, 2.24) is 9.97 Å². The highest BCUT2D eigenvalue weighted by Crippen LogP contribution is 2.24. The van der Waals surface area contributed by atoms with E-state index in [1.807, 2.05) is 19.1 Å². The van der Waals surface area contributed by atoms with Crippen molar-refractivity contribution in [1.29, 1.82) is 0 Å². The van der Waals surface area contributed by atoms with E-state index < -0.39 is 0 Å².